The molecule has 0 saturated carbocycles. The van der Waals surface area contributed by atoms with Crippen LogP contribution in [0.25, 0.3) is 0 Å². The molecule has 1 fully saturated rings. The van der Waals surface area contributed by atoms with Crippen molar-refractivity contribution in [3.63, 3.8) is 0 Å². The van der Waals surface area contributed by atoms with Gasteiger partial charge >= 0.3 is 18.1 Å². The molecule has 2 amide bonds. The standard InChI is InChI=1S/C18H15F3N2O6S/c1-8(24)29-6-10-7-30-16-12(15(26)23(16)13(10)17(27)28)22-14(25)9-2-4-11(5-3-9)18(19,20)21/h2-5,12,16H,6-7H2,1H3,(H,22,25)(H,27,28)/t12-,16+/m0/s1. The van der Waals surface area contributed by atoms with E-state index in [1.54, 1.807) is 0 Å². The topological polar surface area (TPSA) is 113 Å². The predicted molar refractivity (Wildman–Crippen MR) is 97.1 cm³/mol. The minimum absolute atomic E-state index is 0.0698. The number of nitrogens with one attached hydrogen (secondary N) is 1. The molecule has 30 heavy (non-hydrogen) atoms. The number of nitrogens with zero attached hydrogens (tertiary/aromatic N) is 1. The van der Waals surface area contributed by atoms with Crippen molar-refractivity contribution >= 4 is 35.5 Å². The Morgan fingerprint density at radius 3 is 2.43 bits per heavy atom. The lowest BCUT2D eigenvalue weighted by atomic mass is 10.0. The molecule has 2 aliphatic heterocycles. The van der Waals surface area contributed by atoms with Crippen LogP contribution in [0.2, 0.25) is 0 Å². The molecule has 3 rings (SSSR count). The lowest BCUT2D eigenvalue weighted by Crippen LogP contribution is -2.70. The van der Waals surface area contributed by atoms with Crippen molar-refractivity contribution in [1.29, 1.82) is 0 Å². The van der Waals surface area contributed by atoms with Gasteiger partial charge in [0.1, 0.15) is 23.7 Å². The fourth-order valence-electron chi connectivity index (χ4n) is 3.02. The van der Waals surface area contributed by atoms with Crippen LogP contribution in [0.1, 0.15) is 22.8 Å². The van der Waals surface area contributed by atoms with Gasteiger partial charge in [-0.05, 0) is 24.3 Å². The summed E-state index contributed by atoms with van der Waals surface area (Å²) in [5.74, 6) is -3.24. The first-order chi connectivity index (χ1) is 14.0. The van der Waals surface area contributed by atoms with Crippen LogP contribution >= 0.6 is 11.8 Å². The van der Waals surface area contributed by atoms with E-state index in [1.807, 2.05) is 0 Å². The van der Waals surface area contributed by atoms with Crippen LogP contribution in [0.4, 0.5) is 13.2 Å². The maximum Gasteiger partial charge on any atom is 0.416 e. The molecule has 0 unspecified atom stereocenters. The Hall–Kier alpha value is -3.02. The number of amides is 2. The summed E-state index contributed by atoms with van der Waals surface area (Å²) in [5.41, 5.74) is -1.03. The summed E-state index contributed by atoms with van der Waals surface area (Å²) in [6, 6.07) is 2.46. The Balaban J connectivity index is 1.72. The summed E-state index contributed by atoms with van der Waals surface area (Å²) in [6.45, 7) is 0.893. The number of fused-ring (bicyclic) bond motifs is 1. The van der Waals surface area contributed by atoms with Crippen molar-refractivity contribution in [2.24, 2.45) is 0 Å². The molecule has 2 N–H and O–H groups in total. The number of carboxylic acids is 1. The van der Waals surface area contributed by atoms with Gasteiger partial charge in [-0.3, -0.25) is 19.3 Å². The largest absolute Gasteiger partial charge is 0.477 e. The Bertz CT molecular complexity index is 944. The van der Waals surface area contributed by atoms with Gasteiger partial charge in [0.2, 0.25) is 0 Å². The minimum Gasteiger partial charge on any atom is -0.477 e. The lowest BCUT2D eigenvalue weighted by molar-refractivity contribution is -0.149. The molecule has 0 bridgehead atoms. The zero-order chi connectivity index (χ0) is 22.2. The number of ether oxygens (including phenoxy) is 1. The summed E-state index contributed by atoms with van der Waals surface area (Å²) in [6.07, 6.45) is -4.54. The highest BCUT2D eigenvalue weighted by Gasteiger charge is 2.54. The highest BCUT2D eigenvalue weighted by Crippen LogP contribution is 2.40. The first-order valence-corrected chi connectivity index (χ1v) is 9.57. The monoisotopic (exact) mass is 444 g/mol. The first kappa shape index (κ1) is 21.7. The molecule has 2 aliphatic rings. The first-order valence-electron chi connectivity index (χ1n) is 8.52. The molecular weight excluding hydrogens is 429 g/mol. The van der Waals surface area contributed by atoms with Crippen LogP contribution in [-0.4, -0.2) is 57.5 Å². The molecule has 0 radical (unpaired) electrons. The van der Waals surface area contributed by atoms with E-state index in [0.29, 0.717) is 0 Å². The number of esters is 1. The number of rotatable bonds is 5. The predicted octanol–water partition coefficient (Wildman–Crippen LogP) is 1.62. The molecule has 0 spiro atoms. The number of thioether (sulfide) groups is 1. The fourth-order valence-corrected chi connectivity index (χ4v) is 4.35. The molecule has 0 aliphatic carbocycles. The van der Waals surface area contributed by atoms with Gasteiger partial charge < -0.3 is 15.2 Å². The third-order valence-electron chi connectivity index (χ3n) is 4.46. The molecule has 1 aromatic carbocycles. The van der Waals surface area contributed by atoms with Crippen LogP contribution in [-0.2, 0) is 25.3 Å². The van der Waals surface area contributed by atoms with Crippen molar-refractivity contribution in [2.75, 3.05) is 12.4 Å². The van der Waals surface area contributed by atoms with Gasteiger partial charge in [-0.15, -0.1) is 11.8 Å². The fraction of sp³-hybridized carbons (Fsp3) is 0.333. The Kier molecular flexibility index (Phi) is 5.79. The van der Waals surface area contributed by atoms with Crippen LogP contribution in [0.5, 0.6) is 0 Å². The highest BCUT2D eigenvalue weighted by molar-refractivity contribution is 8.00. The second-order valence-electron chi connectivity index (χ2n) is 6.47. The lowest BCUT2D eigenvalue weighted by Gasteiger charge is -2.49. The zero-order valence-corrected chi connectivity index (χ0v) is 16.2. The average Bonchev–Trinajstić information content (AvgIpc) is 2.68. The molecule has 12 heteroatoms. The molecule has 1 saturated heterocycles. The summed E-state index contributed by atoms with van der Waals surface area (Å²) in [5, 5.41) is 11.2. The van der Waals surface area contributed by atoms with Crippen LogP contribution < -0.4 is 5.32 Å². The molecular formula is C18H15F3N2O6S. The smallest absolute Gasteiger partial charge is 0.416 e. The molecule has 1 aromatic rings. The molecule has 2 heterocycles. The summed E-state index contributed by atoms with van der Waals surface area (Å²) in [7, 11) is 0. The second-order valence-corrected chi connectivity index (χ2v) is 7.58. The van der Waals surface area contributed by atoms with Crippen LogP contribution in [0, 0.1) is 0 Å². The Morgan fingerprint density at radius 2 is 1.90 bits per heavy atom. The van der Waals surface area contributed by atoms with Crippen molar-refractivity contribution in [1.82, 2.24) is 10.2 Å². The van der Waals surface area contributed by atoms with Gasteiger partial charge in [-0.1, -0.05) is 0 Å². The normalized spacial score (nSPS) is 20.9. The van der Waals surface area contributed by atoms with E-state index in [-0.39, 0.29) is 29.2 Å². The maximum atomic E-state index is 12.6. The number of benzene rings is 1. The number of aliphatic carboxylic acids is 1. The number of carboxylic acid groups (broad SMARTS) is 1. The summed E-state index contributed by atoms with van der Waals surface area (Å²) >= 11 is 1.18. The Morgan fingerprint density at radius 1 is 1.27 bits per heavy atom. The van der Waals surface area contributed by atoms with Crippen molar-refractivity contribution < 1.29 is 42.2 Å². The molecule has 2 atom stereocenters. The van der Waals surface area contributed by atoms with Crippen LogP contribution in [0.3, 0.4) is 0 Å². The van der Waals surface area contributed by atoms with E-state index in [1.165, 1.54) is 18.7 Å². The molecule has 8 nitrogen and oxygen atoms in total. The van der Waals surface area contributed by atoms with Gasteiger partial charge in [0.25, 0.3) is 11.8 Å². The van der Waals surface area contributed by atoms with E-state index >= 15 is 0 Å². The average molecular weight is 444 g/mol. The van der Waals surface area contributed by atoms with E-state index in [2.05, 4.69) is 5.32 Å². The molecule has 0 aromatic heterocycles. The van der Waals surface area contributed by atoms with Crippen LogP contribution in [0.15, 0.2) is 35.5 Å². The SMILES string of the molecule is CC(=O)OCC1=C(C(=O)O)N2C(=O)[C@H](NC(=O)c3ccc(C(F)(F)F)cc3)[C@H]2SC1. The van der Waals surface area contributed by atoms with Gasteiger partial charge in [0.15, 0.2) is 0 Å². The van der Waals surface area contributed by atoms with Crippen molar-refractivity contribution in [3.05, 3.63) is 46.7 Å². The van der Waals surface area contributed by atoms with E-state index in [0.717, 1.165) is 29.2 Å². The number of halogens is 3. The van der Waals surface area contributed by atoms with E-state index < -0.39 is 46.9 Å². The number of hydrogen-bond donors (Lipinski definition) is 2. The van der Waals surface area contributed by atoms with Gasteiger partial charge in [-0.25, -0.2) is 4.79 Å². The summed E-state index contributed by atoms with van der Waals surface area (Å²) < 4.78 is 42.7. The second kappa shape index (κ2) is 8.01. The molecule has 160 valence electrons. The third kappa shape index (κ3) is 4.13. The number of hydrogen-bond acceptors (Lipinski definition) is 6. The minimum atomic E-state index is -4.54. The number of β-lactam (4-membered cyclic amide) rings is 1. The van der Waals surface area contributed by atoms with E-state index in [9.17, 15) is 37.5 Å². The van der Waals surface area contributed by atoms with Gasteiger partial charge in [0, 0.05) is 23.8 Å². The quantitative estimate of drug-likeness (QED) is 0.524. The van der Waals surface area contributed by atoms with Crippen molar-refractivity contribution in [2.45, 2.75) is 24.5 Å². The van der Waals surface area contributed by atoms with Crippen molar-refractivity contribution in [3.8, 4) is 0 Å². The number of carbonyl (C=O) groups is 4. The number of alkyl halides is 3. The maximum absolute atomic E-state index is 12.6. The highest BCUT2D eigenvalue weighted by atomic mass is 32.2. The zero-order valence-electron chi connectivity index (χ0n) is 15.4. The van der Waals surface area contributed by atoms with Gasteiger partial charge in [-0.2, -0.15) is 13.2 Å². The third-order valence-corrected chi connectivity index (χ3v) is 5.80. The Labute approximate surface area is 172 Å². The van der Waals surface area contributed by atoms with E-state index in [4.69, 9.17) is 4.74 Å². The number of carbonyl (C=O) groups excluding carboxylic acids is 3. The summed E-state index contributed by atoms with van der Waals surface area (Å²) in [4.78, 5) is 48.4. The van der Waals surface area contributed by atoms with Gasteiger partial charge in [0.05, 0.1) is 5.56 Å².